The van der Waals surface area contributed by atoms with E-state index >= 15 is 0 Å². The Bertz CT molecular complexity index is 508. The Labute approximate surface area is 107 Å². The second-order valence-electron chi connectivity index (χ2n) is 3.33. The van der Waals surface area contributed by atoms with Gasteiger partial charge in [0.05, 0.1) is 18.1 Å². The van der Waals surface area contributed by atoms with Gasteiger partial charge in [0, 0.05) is 11.8 Å². The van der Waals surface area contributed by atoms with Crippen molar-refractivity contribution in [1.29, 1.82) is 0 Å². The number of nitrogens with one attached hydrogen (secondary N) is 1. The molecule has 9 heteroatoms. The molecule has 2 heterocycles. The lowest BCUT2D eigenvalue weighted by Gasteiger charge is -2.03. The Balaban J connectivity index is 2.01. The Hall–Kier alpha value is -2.13. The highest BCUT2D eigenvalue weighted by atomic mass is 32.2. The van der Waals surface area contributed by atoms with Gasteiger partial charge in [-0.25, -0.2) is 20.8 Å². The topological polar surface area (TPSA) is 142 Å². The molecule has 0 amide bonds. The Kier molecular flexibility index (Phi) is 3.75. The van der Waals surface area contributed by atoms with E-state index in [4.69, 9.17) is 17.3 Å². The molecular formula is C9H12N8S. The van der Waals surface area contributed by atoms with E-state index in [1.54, 1.807) is 12.4 Å². The first kappa shape index (κ1) is 12.3. The fraction of sp³-hybridized carbons (Fsp3) is 0.111. The summed E-state index contributed by atoms with van der Waals surface area (Å²) in [5.41, 5.74) is 14.3. The van der Waals surface area contributed by atoms with Crippen molar-refractivity contribution in [2.24, 2.45) is 5.84 Å². The maximum Gasteiger partial charge on any atom is 0.191 e. The van der Waals surface area contributed by atoms with E-state index in [0.29, 0.717) is 28.4 Å². The van der Waals surface area contributed by atoms with Gasteiger partial charge in [-0.1, -0.05) is 11.8 Å². The minimum atomic E-state index is 0.346. The van der Waals surface area contributed by atoms with Crippen LogP contribution in [0.3, 0.4) is 0 Å². The third-order valence-electron chi connectivity index (χ3n) is 1.95. The van der Waals surface area contributed by atoms with Crippen molar-refractivity contribution < 1.29 is 0 Å². The van der Waals surface area contributed by atoms with E-state index in [-0.39, 0.29) is 0 Å². The lowest BCUT2D eigenvalue weighted by atomic mass is 10.5. The fourth-order valence-corrected chi connectivity index (χ4v) is 1.93. The molecule has 0 aliphatic heterocycles. The van der Waals surface area contributed by atoms with Crippen molar-refractivity contribution in [2.45, 2.75) is 10.9 Å². The number of hydrogen-bond donors (Lipinski definition) is 4. The largest absolute Gasteiger partial charge is 0.383 e. The van der Waals surface area contributed by atoms with Crippen LogP contribution in [-0.4, -0.2) is 19.9 Å². The van der Waals surface area contributed by atoms with E-state index in [1.807, 2.05) is 0 Å². The van der Waals surface area contributed by atoms with Crippen LogP contribution >= 0.6 is 11.8 Å². The molecule has 0 aliphatic carbocycles. The normalized spacial score (nSPS) is 10.3. The van der Waals surface area contributed by atoms with Crippen molar-refractivity contribution in [1.82, 2.24) is 19.9 Å². The summed E-state index contributed by atoms with van der Waals surface area (Å²) >= 11 is 1.38. The van der Waals surface area contributed by atoms with Crippen LogP contribution in [0.1, 0.15) is 5.69 Å². The molecular weight excluding hydrogens is 252 g/mol. The monoisotopic (exact) mass is 264 g/mol. The van der Waals surface area contributed by atoms with E-state index in [9.17, 15) is 0 Å². The smallest absolute Gasteiger partial charge is 0.191 e. The first-order chi connectivity index (χ1) is 8.67. The first-order valence-corrected chi connectivity index (χ1v) is 5.96. The predicted octanol–water partition coefficient (Wildman–Crippen LogP) is 0.00890. The zero-order valence-electron chi connectivity index (χ0n) is 9.37. The maximum atomic E-state index is 5.57. The van der Waals surface area contributed by atoms with Crippen LogP contribution in [0.4, 0.5) is 17.5 Å². The zero-order valence-corrected chi connectivity index (χ0v) is 10.2. The molecule has 0 aromatic carbocycles. The maximum absolute atomic E-state index is 5.57. The average molecular weight is 264 g/mol. The summed E-state index contributed by atoms with van der Waals surface area (Å²) in [4.78, 5) is 16.3. The van der Waals surface area contributed by atoms with E-state index in [2.05, 4.69) is 25.4 Å². The predicted molar refractivity (Wildman–Crippen MR) is 70.3 cm³/mol. The number of nitrogen functional groups attached to an aromatic ring is 3. The summed E-state index contributed by atoms with van der Waals surface area (Å²) in [6, 6.07) is 1.51. The zero-order chi connectivity index (χ0) is 13.0. The van der Waals surface area contributed by atoms with Crippen LogP contribution in [0.5, 0.6) is 0 Å². The van der Waals surface area contributed by atoms with Crippen LogP contribution in [0.2, 0.25) is 0 Å². The molecule has 0 atom stereocenters. The molecule has 2 rings (SSSR count). The highest BCUT2D eigenvalue weighted by Crippen LogP contribution is 2.20. The summed E-state index contributed by atoms with van der Waals surface area (Å²) in [5.74, 6) is 6.96. The fourth-order valence-electron chi connectivity index (χ4n) is 1.17. The number of hydrogen-bond acceptors (Lipinski definition) is 9. The number of anilines is 3. The molecule has 0 spiro atoms. The third-order valence-corrected chi connectivity index (χ3v) is 2.83. The van der Waals surface area contributed by atoms with Gasteiger partial charge >= 0.3 is 0 Å². The van der Waals surface area contributed by atoms with Crippen LogP contribution in [0.25, 0.3) is 0 Å². The second kappa shape index (κ2) is 5.47. The SMILES string of the molecule is NNc1cnc(CSc2nc(N)cc(N)n2)cn1. The quantitative estimate of drug-likeness (QED) is 0.260. The number of thioether (sulfide) groups is 1. The van der Waals surface area contributed by atoms with Gasteiger partial charge in [0.2, 0.25) is 0 Å². The molecule has 0 bridgehead atoms. The van der Waals surface area contributed by atoms with Gasteiger partial charge in [-0.3, -0.25) is 4.98 Å². The Morgan fingerprint density at radius 2 is 1.83 bits per heavy atom. The second-order valence-corrected chi connectivity index (χ2v) is 4.27. The van der Waals surface area contributed by atoms with Gasteiger partial charge in [-0.05, 0) is 0 Å². The Morgan fingerprint density at radius 3 is 2.39 bits per heavy atom. The Morgan fingerprint density at radius 1 is 1.11 bits per heavy atom. The number of aromatic nitrogens is 4. The van der Waals surface area contributed by atoms with Crippen molar-refractivity contribution in [3.63, 3.8) is 0 Å². The lowest BCUT2D eigenvalue weighted by Crippen LogP contribution is -2.09. The molecule has 0 saturated carbocycles. The van der Waals surface area contributed by atoms with Crippen LogP contribution in [0.15, 0.2) is 23.6 Å². The molecule has 0 unspecified atom stereocenters. The summed E-state index contributed by atoms with van der Waals surface area (Å²) in [6.07, 6.45) is 3.17. The van der Waals surface area contributed by atoms with Crippen LogP contribution < -0.4 is 22.7 Å². The van der Waals surface area contributed by atoms with E-state index in [0.717, 1.165) is 5.69 Å². The summed E-state index contributed by atoms with van der Waals surface area (Å²) in [7, 11) is 0. The number of rotatable bonds is 4. The van der Waals surface area contributed by atoms with Crippen LogP contribution in [-0.2, 0) is 5.75 Å². The third kappa shape index (κ3) is 3.18. The van der Waals surface area contributed by atoms with Crippen molar-refractivity contribution in [2.75, 3.05) is 16.9 Å². The van der Waals surface area contributed by atoms with Gasteiger partial charge in [0.1, 0.15) is 11.6 Å². The molecule has 18 heavy (non-hydrogen) atoms. The van der Waals surface area contributed by atoms with Crippen molar-refractivity contribution >= 4 is 29.2 Å². The minimum Gasteiger partial charge on any atom is -0.383 e. The molecule has 8 nitrogen and oxygen atoms in total. The van der Waals surface area contributed by atoms with Crippen molar-refractivity contribution in [3.8, 4) is 0 Å². The minimum absolute atomic E-state index is 0.346. The molecule has 0 aliphatic rings. The number of nitrogens with zero attached hydrogens (tertiary/aromatic N) is 4. The van der Waals surface area contributed by atoms with Crippen LogP contribution in [0, 0.1) is 0 Å². The van der Waals surface area contributed by atoms with E-state index < -0.39 is 0 Å². The van der Waals surface area contributed by atoms with Gasteiger partial charge in [0.15, 0.2) is 11.0 Å². The molecule has 0 fully saturated rings. The standard InChI is InChI=1S/C9H12N8S/c10-6-1-7(11)16-9(15-6)18-4-5-2-14-8(17-12)3-13-5/h1-3H,4,12H2,(H,14,17)(H4,10,11,15,16). The van der Waals surface area contributed by atoms with E-state index in [1.165, 1.54) is 17.8 Å². The number of hydrazine groups is 1. The molecule has 2 aromatic rings. The lowest BCUT2D eigenvalue weighted by molar-refractivity contribution is 0.980. The summed E-state index contributed by atoms with van der Waals surface area (Å²) in [5, 5.41) is 0.510. The molecule has 0 radical (unpaired) electrons. The van der Waals surface area contributed by atoms with Gasteiger partial charge in [-0.15, -0.1) is 0 Å². The summed E-state index contributed by atoms with van der Waals surface area (Å²) in [6.45, 7) is 0. The molecule has 2 aromatic heterocycles. The van der Waals surface area contributed by atoms with Gasteiger partial charge in [-0.2, -0.15) is 0 Å². The number of nitrogens with two attached hydrogens (primary N) is 3. The molecule has 0 saturated heterocycles. The highest BCUT2D eigenvalue weighted by molar-refractivity contribution is 7.98. The molecule has 7 N–H and O–H groups in total. The van der Waals surface area contributed by atoms with Gasteiger partial charge in [0.25, 0.3) is 0 Å². The average Bonchev–Trinajstić information content (AvgIpc) is 2.36. The molecule has 94 valence electrons. The summed E-state index contributed by atoms with van der Waals surface area (Å²) < 4.78 is 0. The van der Waals surface area contributed by atoms with Crippen molar-refractivity contribution in [3.05, 3.63) is 24.2 Å². The first-order valence-electron chi connectivity index (χ1n) is 4.98. The highest BCUT2D eigenvalue weighted by Gasteiger charge is 2.03. The van der Waals surface area contributed by atoms with Gasteiger partial charge < -0.3 is 16.9 Å².